The van der Waals surface area contributed by atoms with Gasteiger partial charge in [0, 0.05) is 16.1 Å². The van der Waals surface area contributed by atoms with Crippen LogP contribution in [0.5, 0.6) is 5.75 Å². The summed E-state index contributed by atoms with van der Waals surface area (Å²) in [6, 6.07) is 15.4. The van der Waals surface area contributed by atoms with Gasteiger partial charge in [-0.3, -0.25) is 4.79 Å². The van der Waals surface area contributed by atoms with E-state index in [-0.39, 0.29) is 12.5 Å². The molecule has 1 N–H and O–H groups in total. The molecule has 0 aliphatic carbocycles. The molecule has 0 atom stereocenters. The van der Waals surface area contributed by atoms with Crippen molar-refractivity contribution in [2.45, 2.75) is 6.54 Å². The standard InChI is InChI=1S/C19H14Cl2N4O2/c20-15-4-3-14(17(21)9-15)11-25-18(7-8-23-25)24-19(26)12-27-16-5-1-13(10-22)2-6-16/h1-9H,11-12H2,(H,24,26). The van der Waals surface area contributed by atoms with Gasteiger partial charge in [-0.25, -0.2) is 4.68 Å². The van der Waals surface area contributed by atoms with Gasteiger partial charge in [0.1, 0.15) is 11.6 Å². The van der Waals surface area contributed by atoms with E-state index < -0.39 is 0 Å². The SMILES string of the molecule is N#Cc1ccc(OCC(=O)Nc2ccnn2Cc2ccc(Cl)cc2Cl)cc1. The second-order valence-corrected chi connectivity index (χ2v) is 6.43. The number of hydrogen-bond acceptors (Lipinski definition) is 4. The minimum absolute atomic E-state index is 0.168. The largest absolute Gasteiger partial charge is 0.484 e. The molecular weight excluding hydrogens is 387 g/mol. The van der Waals surface area contributed by atoms with Crippen LogP contribution in [-0.4, -0.2) is 22.3 Å². The third kappa shape index (κ3) is 5.00. The summed E-state index contributed by atoms with van der Waals surface area (Å²) in [6.45, 7) is 0.216. The number of carbonyl (C=O) groups excluding carboxylic acids is 1. The van der Waals surface area contributed by atoms with E-state index in [9.17, 15) is 4.79 Å². The van der Waals surface area contributed by atoms with Crippen molar-refractivity contribution in [3.63, 3.8) is 0 Å². The van der Waals surface area contributed by atoms with Crippen molar-refractivity contribution >= 4 is 34.9 Å². The maximum atomic E-state index is 12.2. The van der Waals surface area contributed by atoms with Crippen LogP contribution in [0.4, 0.5) is 5.82 Å². The highest BCUT2D eigenvalue weighted by atomic mass is 35.5. The summed E-state index contributed by atoms with van der Waals surface area (Å²) in [7, 11) is 0. The van der Waals surface area contributed by atoms with Gasteiger partial charge in [-0.05, 0) is 42.0 Å². The molecule has 1 heterocycles. The Morgan fingerprint density at radius 1 is 1.19 bits per heavy atom. The minimum atomic E-state index is -0.330. The normalized spacial score (nSPS) is 10.3. The molecule has 0 aliphatic heterocycles. The predicted octanol–water partition coefficient (Wildman–Crippen LogP) is 4.13. The third-order valence-corrected chi connectivity index (χ3v) is 4.26. The lowest BCUT2D eigenvalue weighted by Gasteiger charge is -2.11. The fraction of sp³-hybridized carbons (Fsp3) is 0.105. The number of nitriles is 1. The Labute approximate surface area is 165 Å². The topological polar surface area (TPSA) is 79.9 Å². The van der Waals surface area contributed by atoms with Crippen molar-refractivity contribution in [2.24, 2.45) is 0 Å². The second-order valence-electron chi connectivity index (χ2n) is 5.58. The Balaban J connectivity index is 1.60. The first-order valence-corrected chi connectivity index (χ1v) is 8.69. The lowest BCUT2D eigenvalue weighted by Crippen LogP contribution is -2.22. The second kappa shape index (κ2) is 8.58. The van der Waals surface area contributed by atoms with Gasteiger partial charge < -0.3 is 10.1 Å². The van der Waals surface area contributed by atoms with Crippen molar-refractivity contribution < 1.29 is 9.53 Å². The van der Waals surface area contributed by atoms with Gasteiger partial charge in [-0.1, -0.05) is 29.3 Å². The van der Waals surface area contributed by atoms with E-state index in [2.05, 4.69) is 10.4 Å². The molecule has 3 aromatic rings. The number of aromatic nitrogens is 2. The smallest absolute Gasteiger partial charge is 0.263 e. The molecule has 136 valence electrons. The van der Waals surface area contributed by atoms with Crippen LogP contribution >= 0.6 is 23.2 Å². The molecule has 0 spiro atoms. The molecule has 0 unspecified atom stereocenters. The van der Waals surface area contributed by atoms with Gasteiger partial charge in [-0.15, -0.1) is 0 Å². The van der Waals surface area contributed by atoms with Crippen LogP contribution in [0.3, 0.4) is 0 Å². The number of anilines is 1. The van der Waals surface area contributed by atoms with E-state index in [0.29, 0.717) is 33.7 Å². The predicted molar refractivity (Wildman–Crippen MR) is 103 cm³/mol. The number of nitrogens with zero attached hydrogens (tertiary/aromatic N) is 3. The molecule has 6 nitrogen and oxygen atoms in total. The molecule has 0 radical (unpaired) electrons. The van der Waals surface area contributed by atoms with Crippen LogP contribution < -0.4 is 10.1 Å². The van der Waals surface area contributed by atoms with Crippen LogP contribution in [0.2, 0.25) is 10.0 Å². The van der Waals surface area contributed by atoms with Crippen LogP contribution in [0.15, 0.2) is 54.7 Å². The van der Waals surface area contributed by atoms with E-state index >= 15 is 0 Å². The van der Waals surface area contributed by atoms with Crippen LogP contribution in [0.25, 0.3) is 0 Å². The number of nitrogens with one attached hydrogen (secondary N) is 1. The summed E-state index contributed by atoms with van der Waals surface area (Å²) >= 11 is 12.1. The average Bonchev–Trinajstić information content (AvgIpc) is 3.09. The van der Waals surface area contributed by atoms with Gasteiger partial charge >= 0.3 is 0 Å². The number of rotatable bonds is 6. The molecule has 0 aliphatic rings. The van der Waals surface area contributed by atoms with Crippen molar-refractivity contribution in [3.05, 3.63) is 75.9 Å². The maximum Gasteiger partial charge on any atom is 0.263 e. The Morgan fingerprint density at radius 3 is 2.67 bits per heavy atom. The zero-order valence-corrected chi connectivity index (χ0v) is 15.5. The molecule has 27 heavy (non-hydrogen) atoms. The monoisotopic (exact) mass is 400 g/mol. The Kier molecular flexibility index (Phi) is 5.97. The average molecular weight is 401 g/mol. The summed E-state index contributed by atoms with van der Waals surface area (Å²) < 4.78 is 7.04. The molecule has 8 heteroatoms. The van der Waals surface area contributed by atoms with Gasteiger partial charge in [0.2, 0.25) is 0 Å². The number of halogens is 2. The van der Waals surface area contributed by atoms with Gasteiger partial charge in [0.25, 0.3) is 5.91 Å². The quantitative estimate of drug-likeness (QED) is 0.674. The van der Waals surface area contributed by atoms with Crippen molar-refractivity contribution in [1.29, 1.82) is 5.26 Å². The van der Waals surface area contributed by atoms with Crippen LogP contribution in [0.1, 0.15) is 11.1 Å². The van der Waals surface area contributed by atoms with Crippen molar-refractivity contribution in [3.8, 4) is 11.8 Å². The number of amides is 1. The summed E-state index contributed by atoms with van der Waals surface area (Å²) in [4.78, 5) is 12.2. The molecule has 0 saturated heterocycles. The molecule has 1 amide bonds. The first-order chi connectivity index (χ1) is 13.0. The Hall–Kier alpha value is -3.01. The van der Waals surface area contributed by atoms with E-state index in [1.54, 1.807) is 53.3 Å². The van der Waals surface area contributed by atoms with E-state index in [1.165, 1.54) is 0 Å². The fourth-order valence-electron chi connectivity index (χ4n) is 2.33. The lowest BCUT2D eigenvalue weighted by atomic mass is 10.2. The molecule has 2 aromatic carbocycles. The Morgan fingerprint density at radius 2 is 1.96 bits per heavy atom. The summed E-state index contributed by atoms with van der Waals surface area (Å²) in [5.74, 6) is 0.698. The molecular formula is C19H14Cl2N4O2. The number of ether oxygens (including phenoxy) is 1. The first-order valence-electron chi connectivity index (χ1n) is 7.94. The summed E-state index contributed by atoms with van der Waals surface area (Å²) in [5.41, 5.74) is 1.35. The number of hydrogen-bond donors (Lipinski definition) is 1. The molecule has 3 rings (SSSR count). The van der Waals surface area contributed by atoms with Crippen molar-refractivity contribution in [1.82, 2.24) is 9.78 Å². The minimum Gasteiger partial charge on any atom is -0.484 e. The molecule has 0 bridgehead atoms. The highest BCUT2D eigenvalue weighted by Crippen LogP contribution is 2.22. The zero-order chi connectivity index (χ0) is 19.2. The fourth-order valence-corrected chi connectivity index (χ4v) is 2.80. The number of carbonyl (C=O) groups is 1. The first kappa shape index (κ1) is 18.8. The van der Waals surface area contributed by atoms with Crippen LogP contribution in [0, 0.1) is 11.3 Å². The summed E-state index contributed by atoms with van der Waals surface area (Å²) in [5, 5.41) is 16.8. The number of benzene rings is 2. The van der Waals surface area contributed by atoms with Gasteiger partial charge in [0.15, 0.2) is 6.61 Å². The van der Waals surface area contributed by atoms with Gasteiger partial charge in [0.05, 0.1) is 24.4 Å². The highest BCUT2D eigenvalue weighted by molar-refractivity contribution is 6.35. The van der Waals surface area contributed by atoms with E-state index in [0.717, 1.165) is 5.56 Å². The van der Waals surface area contributed by atoms with E-state index in [4.69, 9.17) is 33.2 Å². The van der Waals surface area contributed by atoms with Crippen molar-refractivity contribution in [2.75, 3.05) is 11.9 Å². The third-order valence-electron chi connectivity index (χ3n) is 3.67. The molecule has 0 saturated carbocycles. The lowest BCUT2D eigenvalue weighted by molar-refractivity contribution is -0.118. The van der Waals surface area contributed by atoms with Gasteiger partial charge in [-0.2, -0.15) is 10.4 Å². The maximum absolute atomic E-state index is 12.2. The summed E-state index contributed by atoms with van der Waals surface area (Å²) in [6.07, 6.45) is 1.58. The van der Waals surface area contributed by atoms with Crippen LogP contribution in [-0.2, 0) is 11.3 Å². The Bertz CT molecular complexity index is 994. The molecule has 0 fully saturated rings. The highest BCUT2D eigenvalue weighted by Gasteiger charge is 2.10. The van der Waals surface area contributed by atoms with E-state index in [1.807, 2.05) is 12.1 Å². The zero-order valence-electron chi connectivity index (χ0n) is 14.0. The molecule has 1 aromatic heterocycles.